The summed E-state index contributed by atoms with van der Waals surface area (Å²) in [6.07, 6.45) is 9.36. The van der Waals surface area contributed by atoms with Crippen molar-refractivity contribution in [2.75, 3.05) is 0 Å². The maximum absolute atomic E-state index is 12.0. The molecule has 0 spiro atoms. The summed E-state index contributed by atoms with van der Waals surface area (Å²) < 4.78 is 1.60. The Morgan fingerprint density at radius 1 is 1.46 bits per heavy atom. The molecule has 0 unspecified atom stereocenters. The van der Waals surface area contributed by atoms with Gasteiger partial charge in [-0.1, -0.05) is 19.8 Å². The lowest BCUT2D eigenvalue weighted by atomic mass is 9.88. The molecule has 1 aromatic heterocycles. The van der Waals surface area contributed by atoms with Crippen LogP contribution >= 0.6 is 0 Å². The molecule has 0 saturated heterocycles. The molecule has 13 heavy (non-hydrogen) atoms. The minimum atomic E-state index is -0.138. The monoisotopic (exact) mass is 178 g/mol. The molecule has 3 heteroatoms. The molecule has 1 fully saturated rings. The van der Waals surface area contributed by atoms with Crippen LogP contribution in [0.1, 0.15) is 37.4 Å². The predicted molar refractivity (Wildman–Crippen MR) is 49.4 cm³/mol. The molecule has 0 radical (unpaired) electrons. The maximum atomic E-state index is 12.0. The van der Waals surface area contributed by atoms with Gasteiger partial charge in [0.25, 0.3) is 0 Å². The molecule has 3 nitrogen and oxygen atoms in total. The number of carbonyl (C=O) groups is 1. The summed E-state index contributed by atoms with van der Waals surface area (Å²) in [6.45, 7) is 2.06. The molecule has 1 aliphatic carbocycles. The van der Waals surface area contributed by atoms with Crippen molar-refractivity contribution in [1.29, 1.82) is 0 Å². The molecule has 0 aromatic carbocycles. The van der Waals surface area contributed by atoms with E-state index in [1.807, 2.05) is 0 Å². The van der Waals surface area contributed by atoms with Crippen LogP contribution in [-0.4, -0.2) is 15.5 Å². The summed E-state index contributed by atoms with van der Waals surface area (Å²) in [5.74, 6) is 0.197. The lowest BCUT2D eigenvalue weighted by Gasteiger charge is -2.21. The van der Waals surface area contributed by atoms with E-state index in [0.717, 1.165) is 12.8 Å². The van der Waals surface area contributed by atoms with Crippen molar-refractivity contribution < 1.29 is 4.79 Å². The zero-order valence-electron chi connectivity index (χ0n) is 7.86. The smallest absolute Gasteiger partial charge is 0.237 e. The molecule has 0 bridgehead atoms. The lowest BCUT2D eigenvalue weighted by molar-refractivity contribution is 0.0729. The van der Waals surface area contributed by atoms with E-state index in [9.17, 15) is 4.79 Å². The highest BCUT2D eigenvalue weighted by Crippen LogP contribution is 2.38. The molecule has 1 saturated carbocycles. The number of imidazole rings is 1. The molecule has 1 aliphatic rings. The molecule has 1 aromatic rings. The average molecular weight is 178 g/mol. The SMILES string of the molecule is CC1(C(=O)n2ccnc2)CCCC1. The van der Waals surface area contributed by atoms with Gasteiger partial charge in [-0.15, -0.1) is 0 Å². The van der Waals surface area contributed by atoms with Gasteiger partial charge in [0, 0.05) is 17.8 Å². The van der Waals surface area contributed by atoms with Crippen LogP contribution in [0.25, 0.3) is 0 Å². The first-order valence-corrected chi connectivity index (χ1v) is 4.75. The standard InChI is InChI=1S/C10H14N2O/c1-10(4-2-3-5-10)9(13)12-7-6-11-8-12/h6-8H,2-5H2,1H3. The second kappa shape index (κ2) is 2.98. The van der Waals surface area contributed by atoms with Gasteiger partial charge < -0.3 is 0 Å². The van der Waals surface area contributed by atoms with Gasteiger partial charge in [-0.05, 0) is 12.8 Å². The summed E-state index contributed by atoms with van der Waals surface area (Å²) in [5, 5.41) is 0. The summed E-state index contributed by atoms with van der Waals surface area (Å²) in [7, 11) is 0. The first-order valence-electron chi connectivity index (χ1n) is 4.75. The van der Waals surface area contributed by atoms with Crippen LogP contribution in [0.15, 0.2) is 18.7 Å². The number of nitrogens with zero attached hydrogens (tertiary/aromatic N) is 2. The van der Waals surface area contributed by atoms with E-state index in [0.29, 0.717) is 0 Å². The second-order valence-corrected chi connectivity index (χ2v) is 4.04. The minimum Gasteiger partial charge on any atom is -0.276 e. The van der Waals surface area contributed by atoms with Gasteiger partial charge in [0.15, 0.2) is 0 Å². The van der Waals surface area contributed by atoms with E-state index in [1.54, 1.807) is 23.3 Å². The Kier molecular flexibility index (Phi) is 1.94. The summed E-state index contributed by atoms with van der Waals surface area (Å²) in [4.78, 5) is 15.8. The molecule has 0 aliphatic heterocycles. The van der Waals surface area contributed by atoms with Crippen LogP contribution < -0.4 is 0 Å². The third-order valence-corrected chi connectivity index (χ3v) is 2.96. The lowest BCUT2D eigenvalue weighted by Crippen LogP contribution is -2.28. The van der Waals surface area contributed by atoms with E-state index in [2.05, 4.69) is 11.9 Å². The zero-order valence-corrected chi connectivity index (χ0v) is 7.86. The van der Waals surface area contributed by atoms with Gasteiger partial charge in [0.05, 0.1) is 0 Å². The number of hydrogen-bond acceptors (Lipinski definition) is 2. The Hall–Kier alpha value is -1.12. The number of carbonyl (C=O) groups excluding carboxylic acids is 1. The van der Waals surface area contributed by atoms with Gasteiger partial charge in [0.2, 0.25) is 5.91 Å². The number of hydrogen-bond donors (Lipinski definition) is 0. The van der Waals surface area contributed by atoms with Crippen LogP contribution in [0.5, 0.6) is 0 Å². The van der Waals surface area contributed by atoms with Crippen molar-refractivity contribution in [3.8, 4) is 0 Å². The fourth-order valence-corrected chi connectivity index (χ4v) is 2.06. The Morgan fingerprint density at radius 2 is 2.15 bits per heavy atom. The third kappa shape index (κ3) is 1.39. The van der Waals surface area contributed by atoms with Gasteiger partial charge in [-0.2, -0.15) is 0 Å². The Balaban J connectivity index is 2.21. The van der Waals surface area contributed by atoms with Crippen molar-refractivity contribution >= 4 is 5.91 Å². The van der Waals surface area contributed by atoms with E-state index in [-0.39, 0.29) is 11.3 Å². The maximum Gasteiger partial charge on any atom is 0.237 e. The first kappa shape index (κ1) is 8.48. The van der Waals surface area contributed by atoms with Crippen molar-refractivity contribution in [3.05, 3.63) is 18.7 Å². The van der Waals surface area contributed by atoms with Crippen LogP contribution in [0, 0.1) is 5.41 Å². The highest BCUT2D eigenvalue weighted by molar-refractivity contribution is 5.84. The van der Waals surface area contributed by atoms with Gasteiger partial charge >= 0.3 is 0 Å². The summed E-state index contributed by atoms with van der Waals surface area (Å²) in [5.41, 5.74) is -0.138. The van der Waals surface area contributed by atoms with Crippen LogP contribution in [0.4, 0.5) is 0 Å². The van der Waals surface area contributed by atoms with Crippen molar-refractivity contribution in [2.24, 2.45) is 5.41 Å². The van der Waals surface area contributed by atoms with Gasteiger partial charge in [-0.3, -0.25) is 9.36 Å². The Bertz CT molecular complexity index is 297. The first-order chi connectivity index (χ1) is 6.22. The van der Waals surface area contributed by atoms with Crippen LogP contribution in [-0.2, 0) is 0 Å². The van der Waals surface area contributed by atoms with Crippen LogP contribution in [0.2, 0.25) is 0 Å². The fourth-order valence-electron chi connectivity index (χ4n) is 2.06. The molecule has 0 amide bonds. The Labute approximate surface area is 77.8 Å². The highest BCUT2D eigenvalue weighted by Gasteiger charge is 2.36. The fraction of sp³-hybridized carbons (Fsp3) is 0.600. The predicted octanol–water partition coefficient (Wildman–Crippen LogP) is 2.10. The normalized spacial score (nSPS) is 20.4. The number of rotatable bonds is 1. The molecular formula is C10H14N2O. The highest BCUT2D eigenvalue weighted by atomic mass is 16.2. The summed E-state index contributed by atoms with van der Waals surface area (Å²) >= 11 is 0. The topological polar surface area (TPSA) is 34.9 Å². The van der Waals surface area contributed by atoms with Crippen LogP contribution in [0.3, 0.4) is 0 Å². The Morgan fingerprint density at radius 3 is 2.69 bits per heavy atom. The quantitative estimate of drug-likeness (QED) is 0.660. The van der Waals surface area contributed by atoms with Crippen molar-refractivity contribution in [2.45, 2.75) is 32.6 Å². The molecule has 2 rings (SSSR count). The summed E-state index contributed by atoms with van der Waals surface area (Å²) in [6, 6.07) is 0. The molecule has 70 valence electrons. The molecule has 1 heterocycles. The van der Waals surface area contributed by atoms with Gasteiger partial charge in [0.1, 0.15) is 6.33 Å². The third-order valence-electron chi connectivity index (χ3n) is 2.96. The molecule has 0 N–H and O–H groups in total. The number of aromatic nitrogens is 2. The zero-order chi connectivity index (χ0) is 9.31. The average Bonchev–Trinajstić information content (AvgIpc) is 2.73. The second-order valence-electron chi connectivity index (χ2n) is 4.04. The van der Waals surface area contributed by atoms with Crippen molar-refractivity contribution in [1.82, 2.24) is 9.55 Å². The minimum absolute atomic E-state index is 0.138. The van der Waals surface area contributed by atoms with E-state index >= 15 is 0 Å². The van der Waals surface area contributed by atoms with Crippen molar-refractivity contribution in [3.63, 3.8) is 0 Å². The molecule has 0 atom stereocenters. The van der Waals surface area contributed by atoms with Gasteiger partial charge in [-0.25, -0.2) is 4.98 Å². The largest absolute Gasteiger partial charge is 0.276 e. The molecular weight excluding hydrogens is 164 g/mol. The van der Waals surface area contributed by atoms with E-state index in [1.165, 1.54) is 12.8 Å². The van der Waals surface area contributed by atoms with E-state index in [4.69, 9.17) is 0 Å². The van der Waals surface area contributed by atoms with E-state index < -0.39 is 0 Å².